The molecule has 126 valence electrons. The first-order valence-electron chi connectivity index (χ1n) is 6.70. The second-order valence-electron chi connectivity index (χ2n) is 4.94. The predicted octanol–water partition coefficient (Wildman–Crippen LogP) is 0.784. The lowest BCUT2D eigenvalue weighted by atomic mass is 10.1. The predicted molar refractivity (Wildman–Crippen MR) is 84.2 cm³/mol. The summed E-state index contributed by atoms with van der Waals surface area (Å²) in [5, 5.41) is 11.4. The molecule has 1 atom stereocenters. The van der Waals surface area contributed by atoms with E-state index >= 15 is 0 Å². The third-order valence-corrected chi connectivity index (χ3v) is 4.21. The van der Waals surface area contributed by atoms with Crippen molar-refractivity contribution < 1.29 is 27.9 Å². The number of nitrogens with one attached hydrogen (secondary N) is 1. The van der Waals surface area contributed by atoms with E-state index in [0.29, 0.717) is 5.56 Å². The summed E-state index contributed by atoms with van der Waals surface area (Å²) in [5.74, 6) is -1.94. The fourth-order valence-electron chi connectivity index (χ4n) is 1.83. The normalized spacial score (nSPS) is 12.4. The summed E-state index contributed by atoms with van der Waals surface area (Å²) >= 11 is 0. The van der Waals surface area contributed by atoms with Crippen LogP contribution in [0.2, 0.25) is 0 Å². The lowest BCUT2D eigenvalue weighted by Crippen LogP contribution is -2.44. The SMILES string of the molecule is C=CCOCC(NC(=O)c1ccc(C)c(S(C)(=O)=O)c1)C(=O)O. The van der Waals surface area contributed by atoms with Crippen LogP contribution in [-0.2, 0) is 19.4 Å². The highest BCUT2D eigenvalue weighted by Gasteiger charge is 2.22. The number of carboxylic acid groups (broad SMARTS) is 1. The van der Waals surface area contributed by atoms with Gasteiger partial charge in [0.2, 0.25) is 0 Å². The maximum Gasteiger partial charge on any atom is 0.328 e. The Morgan fingerprint density at radius 1 is 1.43 bits per heavy atom. The van der Waals surface area contributed by atoms with Crippen molar-refractivity contribution in [3.05, 3.63) is 42.0 Å². The minimum absolute atomic E-state index is 0.0277. The number of ether oxygens (including phenoxy) is 1. The molecule has 0 aliphatic rings. The van der Waals surface area contributed by atoms with Gasteiger partial charge in [0.25, 0.3) is 5.91 Å². The van der Waals surface area contributed by atoms with Gasteiger partial charge in [0, 0.05) is 11.8 Å². The Kier molecular flexibility index (Phi) is 6.47. The molecule has 0 fully saturated rings. The molecule has 0 aromatic heterocycles. The van der Waals surface area contributed by atoms with E-state index in [-0.39, 0.29) is 23.7 Å². The van der Waals surface area contributed by atoms with Crippen LogP contribution in [0, 0.1) is 6.92 Å². The third kappa shape index (κ3) is 5.50. The van der Waals surface area contributed by atoms with Crippen molar-refractivity contribution >= 4 is 21.7 Å². The molecule has 7 nitrogen and oxygen atoms in total. The van der Waals surface area contributed by atoms with Gasteiger partial charge in [-0.3, -0.25) is 4.79 Å². The van der Waals surface area contributed by atoms with Gasteiger partial charge in [0.05, 0.1) is 18.1 Å². The quantitative estimate of drug-likeness (QED) is 0.534. The van der Waals surface area contributed by atoms with Crippen LogP contribution in [0.25, 0.3) is 0 Å². The minimum atomic E-state index is -3.48. The van der Waals surface area contributed by atoms with E-state index in [1.165, 1.54) is 24.3 Å². The molecule has 2 N–H and O–H groups in total. The van der Waals surface area contributed by atoms with Gasteiger partial charge in [0.15, 0.2) is 15.9 Å². The Hall–Kier alpha value is -2.19. The van der Waals surface area contributed by atoms with Crippen molar-refractivity contribution in [2.24, 2.45) is 0 Å². The Morgan fingerprint density at radius 3 is 2.61 bits per heavy atom. The van der Waals surface area contributed by atoms with Gasteiger partial charge >= 0.3 is 5.97 Å². The van der Waals surface area contributed by atoms with Crippen LogP contribution in [0.1, 0.15) is 15.9 Å². The number of hydrogen-bond acceptors (Lipinski definition) is 5. The molecule has 0 saturated heterocycles. The largest absolute Gasteiger partial charge is 0.480 e. The molecule has 8 heteroatoms. The molecule has 1 rings (SSSR count). The number of rotatable bonds is 8. The van der Waals surface area contributed by atoms with Crippen LogP contribution in [0.4, 0.5) is 0 Å². The fraction of sp³-hybridized carbons (Fsp3) is 0.333. The van der Waals surface area contributed by atoms with Crippen molar-refractivity contribution in [3.8, 4) is 0 Å². The number of benzene rings is 1. The molecule has 1 aromatic carbocycles. The van der Waals surface area contributed by atoms with Crippen molar-refractivity contribution in [1.82, 2.24) is 5.32 Å². The fourth-order valence-corrected chi connectivity index (χ4v) is 2.82. The maximum atomic E-state index is 12.1. The molecular formula is C15H19NO6S. The average molecular weight is 341 g/mol. The zero-order valence-corrected chi connectivity index (χ0v) is 13.7. The van der Waals surface area contributed by atoms with Crippen molar-refractivity contribution in [1.29, 1.82) is 0 Å². The number of aryl methyl sites for hydroxylation is 1. The van der Waals surface area contributed by atoms with E-state index in [4.69, 9.17) is 9.84 Å². The smallest absolute Gasteiger partial charge is 0.328 e. The first-order chi connectivity index (χ1) is 10.7. The molecule has 0 radical (unpaired) electrons. The molecule has 0 heterocycles. The minimum Gasteiger partial charge on any atom is -0.480 e. The summed E-state index contributed by atoms with van der Waals surface area (Å²) in [6.07, 6.45) is 2.50. The Morgan fingerprint density at radius 2 is 2.09 bits per heavy atom. The maximum absolute atomic E-state index is 12.1. The summed E-state index contributed by atoms with van der Waals surface area (Å²) in [6.45, 7) is 4.98. The van der Waals surface area contributed by atoms with Gasteiger partial charge < -0.3 is 15.2 Å². The average Bonchev–Trinajstić information content (AvgIpc) is 2.45. The van der Waals surface area contributed by atoms with E-state index in [1.54, 1.807) is 6.92 Å². The molecule has 0 aliphatic carbocycles. The highest BCUT2D eigenvalue weighted by molar-refractivity contribution is 7.90. The van der Waals surface area contributed by atoms with Crippen LogP contribution in [0.5, 0.6) is 0 Å². The Balaban J connectivity index is 2.96. The van der Waals surface area contributed by atoms with E-state index in [1.807, 2.05) is 0 Å². The number of hydrogen-bond donors (Lipinski definition) is 2. The van der Waals surface area contributed by atoms with Gasteiger partial charge in [0.1, 0.15) is 0 Å². The molecule has 1 amide bonds. The van der Waals surface area contributed by atoms with E-state index in [2.05, 4.69) is 11.9 Å². The molecule has 0 saturated carbocycles. The lowest BCUT2D eigenvalue weighted by molar-refractivity contribution is -0.140. The summed E-state index contributed by atoms with van der Waals surface area (Å²) < 4.78 is 28.4. The molecule has 0 aliphatic heterocycles. The highest BCUT2D eigenvalue weighted by Crippen LogP contribution is 2.17. The Bertz CT molecular complexity index is 711. The van der Waals surface area contributed by atoms with Gasteiger partial charge in [-0.2, -0.15) is 0 Å². The van der Waals surface area contributed by atoms with Crippen LogP contribution in [0.3, 0.4) is 0 Å². The number of sulfone groups is 1. The van der Waals surface area contributed by atoms with Gasteiger partial charge in [-0.1, -0.05) is 12.1 Å². The number of carbonyl (C=O) groups excluding carboxylic acids is 1. The van der Waals surface area contributed by atoms with Gasteiger partial charge in [-0.05, 0) is 24.6 Å². The first-order valence-corrected chi connectivity index (χ1v) is 8.59. The topological polar surface area (TPSA) is 110 Å². The monoisotopic (exact) mass is 341 g/mol. The second-order valence-corrected chi connectivity index (χ2v) is 6.93. The van der Waals surface area contributed by atoms with Crippen LogP contribution < -0.4 is 5.32 Å². The number of carbonyl (C=O) groups is 2. The van der Waals surface area contributed by atoms with Crippen molar-refractivity contribution in [3.63, 3.8) is 0 Å². The molecule has 1 aromatic rings. The molecular weight excluding hydrogens is 322 g/mol. The standard InChI is InChI=1S/C15H19NO6S/c1-4-7-22-9-12(15(18)19)16-14(17)11-6-5-10(2)13(8-11)23(3,20)21/h4-6,8,12H,1,7,9H2,2-3H3,(H,16,17)(H,18,19). The van der Waals surface area contributed by atoms with Crippen molar-refractivity contribution in [2.45, 2.75) is 17.9 Å². The van der Waals surface area contributed by atoms with E-state index in [9.17, 15) is 18.0 Å². The molecule has 0 bridgehead atoms. The van der Waals surface area contributed by atoms with Crippen LogP contribution in [-0.4, -0.2) is 50.9 Å². The number of aliphatic carboxylic acids is 1. The highest BCUT2D eigenvalue weighted by atomic mass is 32.2. The molecule has 1 unspecified atom stereocenters. The van der Waals surface area contributed by atoms with E-state index < -0.39 is 27.8 Å². The van der Waals surface area contributed by atoms with Crippen molar-refractivity contribution in [2.75, 3.05) is 19.5 Å². The zero-order valence-electron chi connectivity index (χ0n) is 12.9. The summed E-state index contributed by atoms with van der Waals surface area (Å²) in [7, 11) is -3.48. The molecule has 23 heavy (non-hydrogen) atoms. The Labute approximate surface area is 134 Å². The van der Waals surface area contributed by atoms with Gasteiger partial charge in [-0.25, -0.2) is 13.2 Å². The van der Waals surface area contributed by atoms with Crippen LogP contribution >= 0.6 is 0 Å². The summed E-state index contributed by atoms with van der Waals surface area (Å²) in [5.41, 5.74) is 0.569. The number of carboxylic acids is 1. The van der Waals surface area contributed by atoms with Gasteiger partial charge in [-0.15, -0.1) is 6.58 Å². The van der Waals surface area contributed by atoms with Crippen LogP contribution in [0.15, 0.2) is 35.7 Å². The number of amides is 1. The second kappa shape index (κ2) is 7.89. The third-order valence-electron chi connectivity index (χ3n) is 2.97. The molecule has 0 spiro atoms. The lowest BCUT2D eigenvalue weighted by Gasteiger charge is -2.15. The zero-order chi connectivity index (χ0) is 17.6. The summed E-state index contributed by atoms with van der Waals surface area (Å²) in [4.78, 5) is 23.3. The first kappa shape index (κ1) is 18.9. The summed E-state index contributed by atoms with van der Waals surface area (Å²) in [6, 6.07) is 2.91. The van der Waals surface area contributed by atoms with E-state index in [0.717, 1.165) is 6.26 Å².